The summed E-state index contributed by atoms with van der Waals surface area (Å²) in [4.78, 5) is 22.9. The zero-order chi connectivity index (χ0) is 23.7. The van der Waals surface area contributed by atoms with Crippen molar-refractivity contribution in [3.05, 3.63) is 36.2 Å². The number of hydrogen-bond donors (Lipinski definition) is 1. The summed E-state index contributed by atoms with van der Waals surface area (Å²) in [6.07, 6.45) is 8.19. The molecule has 2 fully saturated rings. The highest BCUT2D eigenvalue weighted by molar-refractivity contribution is 7.88. The van der Waals surface area contributed by atoms with Gasteiger partial charge in [0.05, 0.1) is 17.5 Å². The normalized spacial score (nSPS) is 18.4. The summed E-state index contributed by atoms with van der Waals surface area (Å²) in [5, 5.41) is 0.946. The predicted molar refractivity (Wildman–Crippen MR) is 133 cm³/mol. The van der Waals surface area contributed by atoms with Crippen LogP contribution in [0.4, 0.5) is 11.9 Å². The first kappa shape index (κ1) is 22.9. The Morgan fingerprint density at radius 3 is 2.32 bits per heavy atom. The number of nitrogens with two attached hydrogens (primary N) is 1. The first-order valence-corrected chi connectivity index (χ1v) is 13.5. The number of sulfonamides is 1. The highest BCUT2D eigenvalue weighted by Crippen LogP contribution is 2.31. The predicted octanol–water partition coefficient (Wildman–Crippen LogP) is 1.74. The number of para-hydroxylation sites is 1. The summed E-state index contributed by atoms with van der Waals surface area (Å²) < 4.78 is 25.3. The molecule has 10 nitrogen and oxygen atoms in total. The molecule has 0 aliphatic carbocycles. The maximum Gasteiger partial charge on any atom is 0.226 e. The Bertz CT molecular complexity index is 1270. The van der Waals surface area contributed by atoms with Crippen LogP contribution >= 0.6 is 0 Å². The number of hydrogen-bond acceptors (Lipinski definition) is 9. The minimum Gasteiger partial charge on any atom is -0.368 e. The lowest BCUT2D eigenvalue weighted by atomic mass is 10.0. The Balaban J connectivity index is 1.52. The maximum absolute atomic E-state index is 11.9. The topological polar surface area (TPSA) is 121 Å². The minimum atomic E-state index is -3.15. The van der Waals surface area contributed by atoms with Crippen LogP contribution in [0.2, 0.25) is 0 Å². The third-order valence-electron chi connectivity index (χ3n) is 6.58. The molecule has 0 saturated carbocycles. The van der Waals surface area contributed by atoms with Crippen molar-refractivity contribution in [3.63, 3.8) is 0 Å². The van der Waals surface area contributed by atoms with Gasteiger partial charge in [-0.05, 0) is 24.8 Å². The lowest BCUT2D eigenvalue weighted by Gasteiger charge is -2.33. The zero-order valence-corrected chi connectivity index (χ0v) is 20.2. The fraction of sp³-hybridized carbons (Fsp3) is 0.478. The van der Waals surface area contributed by atoms with Crippen LogP contribution in [0.5, 0.6) is 0 Å². The molecule has 34 heavy (non-hydrogen) atoms. The van der Waals surface area contributed by atoms with Gasteiger partial charge < -0.3 is 10.6 Å². The summed E-state index contributed by atoms with van der Waals surface area (Å²) in [6.45, 7) is 4.97. The Morgan fingerprint density at radius 2 is 1.65 bits per heavy atom. The van der Waals surface area contributed by atoms with E-state index < -0.39 is 10.0 Å². The van der Waals surface area contributed by atoms with Gasteiger partial charge in [-0.3, -0.25) is 4.90 Å². The van der Waals surface area contributed by atoms with Crippen LogP contribution in [-0.4, -0.2) is 83.1 Å². The molecule has 2 N–H and O–H groups in total. The van der Waals surface area contributed by atoms with Gasteiger partial charge in [-0.25, -0.2) is 28.4 Å². The van der Waals surface area contributed by atoms with Crippen molar-refractivity contribution in [2.24, 2.45) is 0 Å². The van der Waals surface area contributed by atoms with Crippen molar-refractivity contribution >= 4 is 32.8 Å². The molecule has 0 amide bonds. The Morgan fingerprint density at radius 1 is 0.941 bits per heavy atom. The smallest absolute Gasteiger partial charge is 0.226 e. The molecule has 3 aromatic rings. The van der Waals surface area contributed by atoms with E-state index in [1.807, 2.05) is 12.1 Å². The Hall–Kier alpha value is -2.89. The number of anilines is 2. The fourth-order valence-electron chi connectivity index (χ4n) is 4.70. The van der Waals surface area contributed by atoms with Crippen LogP contribution in [-0.2, 0) is 16.6 Å². The van der Waals surface area contributed by atoms with E-state index in [-0.39, 0.29) is 5.95 Å². The first-order chi connectivity index (χ1) is 16.4. The van der Waals surface area contributed by atoms with Crippen molar-refractivity contribution in [1.29, 1.82) is 0 Å². The second-order valence-electron chi connectivity index (χ2n) is 9.00. The average Bonchev–Trinajstić information content (AvgIpc) is 2.84. The maximum atomic E-state index is 11.9. The molecular weight excluding hydrogens is 452 g/mol. The second-order valence-corrected chi connectivity index (χ2v) is 11.0. The highest BCUT2D eigenvalue weighted by Gasteiger charge is 2.24. The number of benzene rings is 1. The molecule has 11 heteroatoms. The molecule has 0 spiro atoms. The van der Waals surface area contributed by atoms with Gasteiger partial charge in [0.25, 0.3) is 0 Å². The summed E-state index contributed by atoms with van der Waals surface area (Å²) in [5.41, 5.74) is 9.34. The number of fused-ring (bicyclic) bond motifs is 1. The number of nitrogen functional groups attached to an aromatic ring is 1. The number of rotatable bonds is 5. The number of nitrogens with zero attached hydrogens (tertiary/aromatic N) is 7. The van der Waals surface area contributed by atoms with Gasteiger partial charge in [-0.15, -0.1) is 0 Å². The summed E-state index contributed by atoms with van der Waals surface area (Å²) in [6, 6.07) is 6.16. The molecular formula is C23H30N8O2S. The minimum absolute atomic E-state index is 0.229. The first-order valence-electron chi connectivity index (χ1n) is 11.7. The van der Waals surface area contributed by atoms with Crippen molar-refractivity contribution < 1.29 is 8.42 Å². The van der Waals surface area contributed by atoms with Crippen molar-refractivity contribution in [1.82, 2.24) is 29.1 Å². The van der Waals surface area contributed by atoms with Gasteiger partial charge >= 0.3 is 0 Å². The number of aromatic nitrogens is 4. The van der Waals surface area contributed by atoms with Crippen LogP contribution in [0, 0.1) is 0 Å². The van der Waals surface area contributed by atoms with Crippen molar-refractivity contribution in [3.8, 4) is 11.3 Å². The van der Waals surface area contributed by atoms with Crippen molar-refractivity contribution in [2.75, 3.05) is 56.2 Å². The monoisotopic (exact) mass is 482 g/mol. The van der Waals surface area contributed by atoms with Gasteiger partial charge in [-0.2, -0.15) is 4.31 Å². The van der Waals surface area contributed by atoms with E-state index in [4.69, 9.17) is 15.7 Å². The van der Waals surface area contributed by atoms with E-state index in [0.717, 1.165) is 59.6 Å². The molecule has 5 rings (SSSR count). The number of piperidine rings is 1. The fourth-order valence-corrected chi connectivity index (χ4v) is 5.53. The molecule has 0 unspecified atom stereocenters. The van der Waals surface area contributed by atoms with Crippen LogP contribution in [0.25, 0.3) is 22.2 Å². The third-order valence-corrected chi connectivity index (χ3v) is 7.88. The summed E-state index contributed by atoms with van der Waals surface area (Å²) in [5.74, 6) is 0.959. The molecule has 2 aliphatic heterocycles. The van der Waals surface area contributed by atoms with Gasteiger partial charge in [0.1, 0.15) is 0 Å². The molecule has 180 valence electrons. The molecule has 0 radical (unpaired) electrons. The SMILES string of the molecule is CS(=O)(=O)N1CCN(Cc2cccc3c(-c4cnc(N)nc4)nc(N4CCCCC4)nc23)CC1. The van der Waals surface area contributed by atoms with Crippen LogP contribution in [0.3, 0.4) is 0 Å². The average molecular weight is 483 g/mol. The standard InChI is InChI=1S/C23H30N8O2S/c1-34(32,33)31-12-10-29(11-13-31)16-17-6-5-7-19-20(17)27-23(30-8-3-2-4-9-30)28-21(19)18-14-25-22(24)26-15-18/h5-7,14-15H,2-4,8-13,16H2,1H3,(H2,24,25,26). The largest absolute Gasteiger partial charge is 0.368 e. The van der Waals surface area contributed by atoms with E-state index in [1.165, 1.54) is 12.7 Å². The summed E-state index contributed by atoms with van der Waals surface area (Å²) in [7, 11) is -3.15. The Labute approximate surface area is 199 Å². The van der Waals surface area contributed by atoms with Crippen LogP contribution < -0.4 is 10.6 Å². The lowest BCUT2D eigenvalue weighted by Crippen LogP contribution is -2.47. The van der Waals surface area contributed by atoms with Crippen molar-refractivity contribution in [2.45, 2.75) is 25.8 Å². The third kappa shape index (κ3) is 4.82. The lowest BCUT2D eigenvalue weighted by molar-refractivity contribution is 0.182. The quantitative estimate of drug-likeness (QED) is 0.579. The van der Waals surface area contributed by atoms with Gasteiger partial charge in [-0.1, -0.05) is 18.2 Å². The molecule has 2 aromatic heterocycles. The molecule has 2 aliphatic rings. The van der Waals surface area contributed by atoms with Gasteiger partial charge in [0.15, 0.2) is 0 Å². The molecule has 1 aromatic carbocycles. The van der Waals surface area contributed by atoms with Crippen LogP contribution in [0.15, 0.2) is 30.6 Å². The van der Waals surface area contributed by atoms with E-state index in [0.29, 0.717) is 32.7 Å². The Kier molecular flexibility index (Phi) is 6.32. The van der Waals surface area contributed by atoms with E-state index in [9.17, 15) is 8.42 Å². The molecule has 2 saturated heterocycles. The molecule has 0 atom stereocenters. The molecule has 4 heterocycles. The van der Waals surface area contributed by atoms with E-state index >= 15 is 0 Å². The van der Waals surface area contributed by atoms with E-state index in [2.05, 4.69) is 25.8 Å². The van der Waals surface area contributed by atoms with Gasteiger partial charge in [0.2, 0.25) is 21.9 Å². The second kappa shape index (κ2) is 9.40. The van der Waals surface area contributed by atoms with Crippen LogP contribution in [0.1, 0.15) is 24.8 Å². The van der Waals surface area contributed by atoms with Gasteiger partial charge in [0, 0.05) is 69.2 Å². The highest BCUT2D eigenvalue weighted by atomic mass is 32.2. The molecule has 0 bridgehead atoms. The van der Waals surface area contributed by atoms with E-state index in [1.54, 1.807) is 16.7 Å². The summed E-state index contributed by atoms with van der Waals surface area (Å²) >= 11 is 0. The zero-order valence-electron chi connectivity index (χ0n) is 19.4. The number of piperazine rings is 1.